The molecule has 0 saturated carbocycles. The first-order valence-electron chi connectivity index (χ1n) is 7.94. The number of carbonyl (C=O) groups is 1. The van der Waals surface area contributed by atoms with Crippen LogP contribution in [0.4, 0.5) is 0 Å². The number of amides is 1. The summed E-state index contributed by atoms with van der Waals surface area (Å²) in [5.41, 5.74) is 4.35. The minimum Gasteiger partial charge on any atom is -0.465 e. The van der Waals surface area contributed by atoms with Crippen molar-refractivity contribution in [2.24, 2.45) is 0 Å². The Morgan fingerprint density at radius 1 is 1.17 bits per heavy atom. The van der Waals surface area contributed by atoms with Crippen molar-refractivity contribution in [2.75, 3.05) is 0 Å². The zero-order valence-corrected chi connectivity index (χ0v) is 14.1. The molecule has 120 valence electrons. The van der Waals surface area contributed by atoms with E-state index in [0.717, 1.165) is 23.5 Å². The zero-order valence-electron chi connectivity index (χ0n) is 14.1. The predicted octanol–water partition coefficient (Wildman–Crippen LogP) is 4.11. The topological polar surface area (TPSA) is 47.2 Å². The molecule has 0 radical (unpaired) electrons. The normalized spacial score (nSPS) is 11.1. The molecule has 2 heterocycles. The summed E-state index contributed by atoms with van der Waals surface area (Å²) < 4.78 is 7.75. The first kappa shape index (κ1) is 15.4. The second-order valence-electron chi connectivity index (χ2n) is 5.88. The molecule has 2 aromatic heterocycles. The zero-order chi connectivity index (χ0) is 16.6. The van der Waals surface area contributed by atoms with Gasteiger partial charge in [-0.05, 0) is 63.6 Å². The standard InChI is InChI=1S/C19H22N2O2/c1-5-21-14(4)13(3)17-10-15(7-9-18(17)21)19(22)20-11-16-8-6-12(2)23-16/h6-10H,5,11H2,1-4H3,(H,20,22). The van der Waals surface area contributed by atoms with Crippen molar-refractivity contribution >= 4 is 16.8 Å². The minimum atomic E-state index is -0.0812. The van der Waals surface area contributed by atoms with Gasteiger partial charge in [0.05, 0.1) is 6.54 Å². The molecule has 0 unspecified atom stereocenters. The monoisotopic (exact) mass is 310 g/mol. The van der Waals surface area contributed by atoms with E-state index in [9.17, 15) is 4.79 Å². The summed E-state index contributed by atoms with van der Waals surface area (Å²) in [6.07, 6.45) is 0. The second-order valence-corrected chi connectivity index (χ2v) is 5.88. The van der Waals surface area contributed by atoms with Gasteiger partial charge >= 0.3 is 0 Å². The summed E-state index contributed by atoms with van der Waals surface area (Å²) in [5, 5.41) is 4.05. The summed E-state index contributed by atoms with van der Waals surface area (Å²) in [6, 6.07) is 9.67. The SMILES string of the molecule is CCn1c(C)c(C)c2cc(C(=O)NCc3ccc(C)o3)ccc21. The van der Waals surface area contributed by atoms with E-state index in [1.165, 1.54) is 16.8 Å². The quantitative estimate of drug-likeness (QED) is 0.788. The van der Waals surface area contributed by atoms with Gasteiger partial charge in [-0.15, -0.1) is 0 Å². The number of hydrogen-bond acceptors (Lipinski definition) is 2. The second kappa shape index (κ2) is 5.95. The van der Waals surface area contributed by atoms with Crippen LogP contribution >= 0.6 is 0 Å². The van der Waals surface area contributed by atoms with Gasteiger partial charge < -0.3 is 14.3 Å². The van der Waals surface area contributed by atoms with E-state index in [2.05, 4.69) is 30.7 Å². The van der Waals surface area contributed by atoms with Crippen molar-refractivity contribution in [3.63, 3.8) is 0 Å². The fraction of sp³-hybridized carbons (Fsp3) is 0.316. The number of aromatic nitrogens is 1. The lowest BCUT2D eigenvalue weighted by Gasteiger charge is -2.06. The van der Waals surface area contributed by atoms with Crippen LogP contribution in [0.5, 0.6) is 0 Å². The summed E-state index contributed by atoms with van der Waals surface area (Å²) in [4.78, 5) is 12.4. The van der Waals surface area contributed by atoms with Crippen molar-refractivity contribution in [3.8, 4) is 0 Å². The predicted molar refractivity (Wildman–Crippen MR) is 91.7 cm³/mol. The van der Waals surface area contributed by atoms with Crippen LogP contribution in [-0.4, -0.2) is 10.5 Å². The molecular formula is C19H22N2O2. The highest BCUT2D eigenvalue weighted by atomic mass is 16.3. The number of hydrogen-bond donors (Lipinski definition) is 1. The number of nitrogens with one attached hydrogen (secondary N) is 1. The number of furan rings is 1. The smallest absolute Gasteiger partial charge is 0.251 e. The van der Waals surface area contributed by atoms with Crippen LogP contribution in [0.15, 0.2) is 34.7 Å². The highest BCUT2D eigenvalue weighted by Crippen LogP contribution is 2.26. The molecule has 1 amide bonds. The Bertz CT molecular complexity index is 871. The summed E-state index contributed by atoms with van der Waals surface area (Å²) in [6.45, 7) is 9.59. The molecule has 0 aliphatic carbocycles. The largest absolute Gasteiger partial charge is 0.465 e. The Morgan fingerprint density at radius 2 is 1.96 bits per heavy atom. The fourth-order valence-corrected chi connectivity index (χ4v) is 3.05. The van der Waals surface area contributed by atoms with E-state index < -0.39 is 0 Å². The van der Waals surface area contributed by atoms with Gasteiger partial charge in [0.1, 0.15) is 11.5 Å². The first-order chi connectivity index (χ1) is 11.0. The van der Waals surface area contributed by atoms with Crippen LogP contribution in [0.3, 0.4) is 0 Å². The molecule has 0 atom stereocenters. The molecule has 3 aromatic rings. The van der Waals surface area contributed by atoms with Crippen molar-refractivity contribution in [1.29, 1.82) is 0 Å². The third-order valence-corrected chi connectivity index (χ3v) is 4.44. The molecule has 0 fully saturated rings. The summed E-state index contributed by atoms with van der Waals surface area (Å²) in [7, 11) is 0. The van der Waals surface area contributed by atoms with Gasteiger partial charge in [-0.3, -0.25) is 4.79 Å². The maximum atomic E-state index is 12.4. The molecule has 3 rings (SSSR count). The van der Waals surface area contributed by atoms with Gasteiger partial charge in [0.25, 0.3) is 5.91 Å². The highest BCUT2D eigenvalue weighted by Gasteiger charge is 2.13. The van der Waals surface area contributed by atoms with E-state index in [1.807, 2.05) is 37.3 Å². The van der Waals surface area contributed by atoms with Crippen LogP contribution in [0.1, 0.15) is 40.1 Å². The third-order valence-electron chi connectivity index (χ3n) is 4.44. The number of carbonyl (C=O) groups excluding carboxylic acids is 1. The van der Waals surface area contributed by atoms with Gasteiger partial charge in [0.15, 0.2) is 0 Å². The molecule has 4 heteroatoms. The number of rotatable bonds is 4. The van der Waals surface area contributed by atoms with E-state index in [1.54, 1.807) is 0 Å². The van der Waals surface area contributed by atoms with Crippen LogP contribution in [0.25, 0.3) is 10.9 Å². The van der Waals surface area contributed by atoms with Crippen LogP contribution in [0.2, 0.25) is 0 Å². The lowest BCUT2D eigenvalue weighted by atomic mass is 10.1. The minimum absolute atomic E-state index is 0.0812. The average molecular weight is 310 g/mol. The number of fused-ring (bicyclic) bond motifs is 1. The van der Waals surface area contributed by atoms with E-state index in [4.69, 9.17) is 4.42 Å². The number of aryl methyl sites for hydroxylation is 3. The number of nitrogens with zero attached hydrogens (tertiary/aromatic N) is 1. The molecule has 4 nitrogen and oxygen atoms in total. The molecular weight excluding hydrogens is 288 g/mol. The molecule has 0 spiro atoms. The molecule has 23 heavy (non-hydrogen) atoms. The lowest BCUT2D eigenvalue weighted by molar-refractivity contribution is 0.0948. The Kier molecular flexibility index (Phi) is 3.99. The molecule has 0 aliphatic rings. The van der Waals surface area contributed by atoms with E-state index in [-0.39, 0.29) is 5.91 Å². The van der Waals surface area contributed by atoms with Crippen LogP contribution < -0.4 is 5.32 Å². The van der Waals surface area contributed by atoms with Gasteiger partial charge in [-0.25, -0.2) is 0 Å². The Hall–Kier alpha value is -2.49. The van der Waals surface area contributed by atoms with E-state index in [0.29, 0.717) is 12.1 Å². The van der Waals surface area contributed by atoms with Crippen molar-refractivity contribution in [1.82, 2.24) is 9.88 Å². The van der Waals surface area contributed by atoms with Crippen molar-refractivity contribution in [3.05, 3.63) is 58.7 Å². The van der Waals surface area contributed by atoms with Crippen molar-refractivity contribution < 1.29 is 9.21 Å². The molecule has 1 aromatic carbocycles. The highest BCUT2D eigenvalue weighted by molar-refractivity contribution is 5.99. The molecule has 0 aliphatic heterocycles. The first-order valence-corrected chi connectivity index (χ1v) is 7.94. The van der Waals surface area contributed by atoms with Crippen LogP contribution in [0, 0.1) is 20.8 Å². The Morgan fingerprint density at radius 3 is 2.61 bits per heavy atom. The Labute approximate surface area is 136 Å². The number of benzene rings is 1. The summed E-state index contributed by atoms with van der Waals surface area (Å²) in [5.74, 6) is 1.53. The van der Waals surface area contributed by atoms with Gasteiger partial charge in [-0.2, -0.15) is 0 Å². The maximum Gasteiger partial charge on any atom is 0.251 e. The Balaban J connectivity index is 1.85. The van der Waals surface area contributed by atoms with Gasteiger partial charge in [0.2, 0.25) is 0 Å². The maximum absolute atomic E-state index is 12.4. The lowest BCUT2D eigenvalue weighted by Crippen LogP contribution is -2.22. The van der Waals surface area contributed by atoms with Gasteiger partial charge in [-0.1, -0.05) is 0 Å². The third kappa shape index (κ3) is 2.77. The fourth-order valence-electron chi connectivity index (χ4n) is 3.05. The van der Waals surface area contributed by atoms with Crippen LogP contribution in [-0.2, 0) is 13.1 Å². The summed E-state index contributed by atoms with van der Waals surface area (Å²) >= 11 is 0. The molecule has 1 N–H and O–H groups in total. The van der Waals surface area contributed by atoms with E-state index >= 15 is 0 Å². The van der Waals surface area contributed by atoms with Crippen molar-refractivity contribution in [2.45, 2.75) is 40.8 Å². The van der Waals surface area contributed by atoms with Gasteiger partial charge in [0, 0.05) is 28.7 Å². The average Bonchev–Trinajstić information content (AvgIpc) is 3.07. The molecule has 0 bridgehead atoms. The molecule has 0 saturated heterocycles.